The number of rotatable bonds is 6. The lowest BCUT2D eigenvalue weighted by Gasteiger charge is -2.18. The van der Waals surface area contributed by atoms with E-state index in [4.69, 9.17) is 9.47 Å². The summed E-state index contributed by atoms with van der Waals surface area (Å²) < 4.78 is 10.9. The third-order valence-corrected chi connectivity index (χ3v) is 3.72. The topological polar surface area (TPSA) is 90.7 Å². The van der Waals surface area contributed by atoms with Gasteiger partial charge in [-0.1, -0.05) is 18.2 Å². The molecule has 0 radical (unpaired) electrons. The van der Waals surface area contributed by atoms with Crippen LogP contribution in [0.5, 0.6) is 11.5 Å². The molecular weight excluding hydrogens is 324 g/mol. The molecule has 0 saturated carbocycles. The van der Waals surface area contributed by atoms with Gasteiger partial charge in [0.25, 0.3) is 11.6 Å². The Labute approximate surface area is 145 Å². The molecule has 0 aliphatic carbocycles. The van der Waals surface area contributed by atoms with Crippen LogP contribution in [0.25, 0.3) is 0 Å². The Balaban J connectivity index is 2.18. The molecule has 1 amide bonds. The van der Waals surface area contributed by atoms with Gasteiger partial charge in [-0.3, -0.25) is 14.9 Å². The van der Waals surface area contributed by atoms with Crippen LogP contribution in [-0.4, -0.2) is 24.0 Å². The summed E-state index contributed by atoms with van der Waals surface area (Å²) in [5, 5.41) is 13.5. The third kappa shape index (κ3) is 4.26. The van der Waals surface area contributed by atoms with Crippen LogP contribution in [-0.2, 0) is 4.79 Å². The molecular formula is C18H20N2O5. The fourth-order valence-electron chi connectivity index (χ4n) is 2.36. The highest BCUT2D eigenvalue weighted by Crippen LogP contribution is 2.29. The van der Waals surface area contributed by atoms with Gasteiger partial charge < -0.3 is 14.8 Å². The van der Waals surface area contributed by atoms with Gasteiger partial charge in [-0.15, -0.1) is 0 Å². The van der Waals surface area contributed by atoms with E-state index in [9.17, 15) is 14.9 Å². The highest BCUT2D eigenvalue weighted by Gasteiger charge is 2.20. The van der Waals surface area contributed by atoms with Crippen molar-refractivity contribution in [1.29, 1.82) is 0 Å². The summed E-state index contributed by atoms with van der Waals surface area (Å²) in [4.78, 5) is 22.8. The minimum atomic E-state index is -0.788. The van der Waals surface area contributed by atoms with Crippen molar-refractivity contribution in [2.75, 3.05) is 12.4 Å². The predicted molar refractivity (Wildman–Crippen MR) is 94.3 cm³/mol. The number of methoxy groups -OCH3 is 1. The van der Waals surface area contributed by atoms with E-state index >= 15 is 0 Å². The number of benzene rings is 2. The number of nitro benzene ring substituents is 1. The third-order valence-electron chi connectivity index (χ3n) is 3.72. The Kier molecular flexibility index (Phi) is 5.59. The molecule has 7 heteroatoms. The summed E-state index contributed by atoms with van der Waals surface area (Å²) in [5.74, 6) is 0.552. The van der Waals surface area contributed by atoms with Crippen LogP contribution in [0.2, 0.25) is 0 Å². The molecule has 0 heterocycles. The average molecular weight is 344 g/mol. The van der Waals surface area contributed by atoms with Crippen molar-refractivity contribution in [3.8, 4) is 11.5 Å². The molecule has 0 bridgehead atoms. The second-order valence-electron chi connectivity index (χ2n) is 5.61. The van der Waals surface area contributed by atoms with Gasteiger partial charge in [0.1, 0.15) is 11.5 Å². The summed E-state index contributed by atoms with van der Waals surface area (Å²) in [5.41, 5.74) is 1.93. The van der Waals surface area contributed by atoms with Crippen molar-refractivity contribution in [3.05, 3.63) is 57.6 Å². The molecule has 2 rings (SSSR count). The number of carbonyl (C=O) groups is 1. The molecule has 0 aliphatic heterocycles. The lowest BCUT2D eigenvalue weighted by atomic mass is 10.1. The monoisotopic (exact) mass is 344 g/mol. The van der Waals surface area contributed by atoms with Crippen molar-refractivity contribution in [2.45, 2.75) is 26.9 Å². The second-order valence-corrected chi connectivity index (χ2v) is 5.61. The first-order chi connectivity index (χ1) is 11.8. The van der Waals surface area contributed by atoms with Gasteiger partial charge in [0, 0.05) is 12.1 Å². The number of para-hydroxylation sites is 1. The molecule has 2 aromatic rings. The molecule has 0 aliphatic rings. The molecule has 25 heavy (non-hydrogen) atoms. The highest BCUT2D eigenvalue weighted by atomic mass is 16.6. The quantitative estimate of drug-likeness (QED) is 0.638. The van der Waals surface area contributed by atoms with Crippen molar-refractivity contribution in [1.82, 2.24) is 0 Å². The number of anilines is 1. The highest BCUT2D eigenvalue weighted by molar-refractivity contribution is 5.95. The number of carbonyl (C=O) groups excluding carboxylic acids is 1. The number of nitro groups is 1. The standard InChI is InChI=1S/C18H20N2O5/c1-11-6-5-7-12(2)17(11)25-13(3)18(21)19-15-10-14(20(22)23)8-9-16(15)24-4/h5-10,13H,1-4H3,(H,19,21)/t13-/m0/s1. The fraction of sp³-hybridized carbons (Fsp3) is 0.278. The lowest BCUT2D eigenvalue weighted by Crippen LogP contribution is -2.30. The zero-order valence-corrected chi connectivity index (χ0v) is 14.5. The van der Waals surface area contributed by atoms with E-state index in [1.165, 1.54) is 25.3 Å². The zero-order chi connectivity index (χ0) is 18.6. The van der Waals surface area contributed by atoms with E-state index in [0.717, 1.165) is 11.1 Å². The first kappa shape index (κ1) is 18.3. The molecule has 2 aromatic carbocycles. The number of aryl methyl sites for hydroxylation is 2. The normalized spacial score (nSPS) is 11.5. The molecule has 0 fully saturated rings. The lowest BCUT2D eigenvalue weighted by molar-refractivity contribution is -0.384. The molecule has 0 unspecified atom stereocenters. The zero-order valence-electron chi connectivity index (χ0n) is 14.5. The molecule has 0 saturated heterocycles. The van der Waals surface area contributed by atoms with E-state index in [1.807, 2.05) is 32.0 Å². The van der Waals surface area contributed by atoms with Gasteiger partial charge in [-0.2, -0.15) is 0 Å². The summed E-state index contributed by atoms with van der Waals surface area (Å²) in [7, 11) is 1.42. The minimum Gasteiger partial charge on any atom is -0.495 e. The van der Waals surface area contributed by atoms with Crippen LogP contribution in [0.1, 0.15) is 18.1 Å². The Morgan fingerprint density at radius 1 is 1.20 bits per heavy atom. The van der Waals surface area contributed by atoms with Crippen molar-refractivity contribution in [2.24, 2.45) is 0 Å². The number of ether oxygens (including phenoxy) is 2. The number of non-ortho nitro benzene ring substituents is 1. The van der Waals surface area contributed by atoms with Crippen LogP contribution in [0, 0.1) is 24.0 Å². The van der Waals surface area contributed by atoms with Crippen LogP contribution < -0.4 is 14.8 Å². The number of hydrogen-bond acceptors (Lipinski definition) is 5. The molecule has 1 atom stereocenters. The SMILES string of the molecule is COc1ccc([N+](=O)[O-])cc1NC(=O)[C@H](C)Oc1c(C)cccc1C. The smallest absolute Gasteiger partial charge is 0.271 e. The van der Waals surface area contributed by atoms with E-state index in [0.29, 0.717) is 11.5 Å². The largest absolute Gasteiger partial charge is 0.495 e. The molecule has 7 nitrogen and oxygen atoms in total. The van der Waals surface area contributed by atoms with Crippen LogP contribution in [0.4, 0.5) is 11.4 Å². The summed E-state index contributed by atoms with van der Waals surface area (Å²) >= 11 is 0. The number of nitrogens with one attached hydrogen (secondary N) is 1. The van der Waals surface area contributed by atoms with E-state index in [1.54, 1.807) is 6.92 Å². The molecule has 0 aromatic heterocycles. The maximum atomic E-state index is 12.4. The van der Waals surface area contributed by atoms with Crippen molar-refractivity contribution in [3.63, 3.8) is 0 Å². The Morgan fingerprint density at radius 2 is 1.84 bits per heavy atom. The Hall–Kier alpha value is -3.09. The van der Waals surface area contributed by atoms with E-state index in [-0.39, 0.29) is 11.4 Å². The van der Waals surface area contributed by atoms with Gasteiger partial charge in [0.2, 0.25) is 0 Å². The van der Waals surface area contributed by atoms with Gasteiger partial charge in [-0.25, -0.2) is 0 Å². The number of nitrogens with zero attached hydrogens (tertiary/aromatic N) is 1. The predicted octanol–water partition coefficient (Wildman–Crippen LogP) is 3.63. The number of amides is 1. The van der Waals surface area contributed by atoms with Crippen LogP contribution >= 0.6 is 0 Å². The summed E-state index contributed by atoms with van der Waals surface area (Å²) in [6.45, 7) is 5.41. The van der Waals surface area contributed by atoms with Crippen LogP contribution in [0.15, 0.2) is 36.4 Å². The van der Waals surface area contributed by atoms with E-state index < -0.39 is 16.9 Å². The maximum Gasteiger partial charge on any atom is 0.271 e. The summed E-state index contributed by atoms with van der Waals surface area (Å²) in [6.07, 6.45) is -0.788. The van der Waals surface area contributed by atoms with E-state index in [2.05, 4.69) is 5.32 Å². The van der Waals surface area contributed by atoms with Gasteiger partial charge in [0.15, 0.2) is 6.10 Å². The summed E-state index contributed by atoms with van der Waals surface area (Å²) in [6, 6.07) is 9.71. The minimum absolute atomic E-state index is 0.139. The number of hydrogen-bond donors (Lipinski definition) is 1. The Morgan fingerprint density at radius 3 is 2.40 bits per heavy atom. The Bertz CT molecular complexity index is 784. The maximum absolute atomic E-state index is 12.4. The molecule has 132 valence electrons. The van der Waals surface area contributed by atoms with Gasteiger partial charge in [-0.05, 0) is 38.0 Å². The van der Waals surface area contributed by atoms with Crippen molar-refractivity contribution >= 4 is 17.3 Å². The molecule has 1 N–H and O–H groups in total. The first-order valence-corrected chi connectivity index (χ1v) is 7.69. The second kappa shape index (κ2) is 7.65. The first-order valence-electron chi connectivity index (χ1n) is 7.69. The fourth-order valence-corrected chi connectivity index (χ4v) is 2.36. The molecule has 0 spiro atoms. The van der Waals surface area contributed by atoms with Crippen LogP contribution in [0.3, 0.4) is 0 Å². The van der Waals surface area contributed by atoms with Crippen molar-refractivity contribution < 1.29 is 19.2 Å². The average Bonchev–Trinajstić information content (AvgIpc) is 2.57. The van der Waals surface area contributed by atoms with Gasteiger partial charge >= 0.3 is 0 Å². The van der Waals surface area contributed by atoms with Gasteiger partial charge in [0.05, 0.1) is 17.7 Å².